The van der Waals surface area contributed by atoms with Gasteiger partial charge in [0.05, 0.1) is 0 Å². The number of hydrogen-bond acceptors (Lipinski definition) is 9. The van der Waals surface area contributed by atoms with Crippen LogP contribution in [-0.2, 0) is 9.95 Å². The van der Waals surface area contributed by atoms with Gasteiger partial charge in [-0.2, -0.15) is 0 Å². The minimum atomic E-state index is -2.41. The van der Waals surface area contributed by atoms with Gasteiger partial charge in [-0.3, -0.25) is 0 Å². The number of nitro groups is 1. The average Bonchev–Trinajstić information content (AvgIpc) is 3.03. The van der Waals surface area contributed by atoms with Crippen LogP contribution in [0.15, 0.2) is 54.9 Å². The Hall–Kier alpha value is -3.50. The van der Waals surface area contributed by atoms with E-state index < -0.39 is 25.4 Å². The van der Waals surface area contributed by atoms with Crippen molar-refractivity contribution >= 4 is 51.7 Å². The molecule has 10 nitrogen and oxygen atoms in total. The molecule has 0 radical (unpaired) electrons. The van der Waals surface area contributed by atoms with E-state index in [1.54, 1.807) is 32.4 Å². The van der Waals surface area contributed by atoms with Crippen LogP contribution < -0.4 is 23.0 Å². The molecule has 226 valence electrons. The summed E-state index contributed by atoms with van der Waals surface area (Å²) in [6.07, 6.45) is 2.17. The third kappa shape index (κ3) is 7.36. The molecule has 0 saturated carbocycles. The van der Waals surface area contributed by atoms with E-state index in [0.717, 1.165) is 36.0 Å². The molecule has 4 aromatic rings. The van der Waals surface area contributed by atoms with E-state index in [1.807, 2.05) is 18.2 Å². The van der Waals surface area contributed by atoms with Gasteiger partial charge in [0, 0.05) is 0 Å². The fourth-order valence-corrected chi connectivity index (χ4v) is 10.2. The molecule has 43 heavy (non-hydrogen) atoms. The molecular weight excluding hydrogens is 642 g/mol. The summed E-state index contributed by atoms with van der Waals surface area (Å²) in [5.41, 5.74) is 1.31. The maximum absolute atomic E-state index is 14.2. The van der Waals surface area contributed by atoms with Crippen molar-refractivity contribution in [2.24, 2.45) is 0 Å². The zero-order chi connectivity index (χ0) is 30.3. The molecule has 1 aromatic heterocycles. The number of fused-ring (bicyclic) bond motifs is 1. The van der Waals surface area contributed by atoms with Crippen LogP contribution in [0.2, 0.25) is 5.02 Å². The molecule has 5 rings (SSSR count). The van der Waals surface area contributed by atoms with Crippen LogP contribution in [0.4, 0.5) is 10.1 Å². The van der Waals surface area contributed by atoms with Crippen LogP contribution in [0.25, 0.3) is 10.9 Å². The summed E-state index contributed by atoms with van der Waals surface area (Å²) < 4.78 is 37.9. The van der Waals surface area contributed by atoms with Gasteiger partial charge in [-0.05, 0) is 0 Å². The topological polar surface area (TPSA) is 109 Å². The predicted molar refractivity (Wildman–Crippen MR) is 163 cm³/mol. The number of hydrogen-bond donors (Lipinski definition) is 0. The molecule has 1 aliphatic rings. The first-order chi connectivity index (χ1) is 20.9. The van der Waals surface area contributed by atoms with Gasteiger partial charge in [-0.15, -0.1) is 0 Å². The van der Waals surface area contributed by atoms with Crippen molar-refractivity contribution in [3.05, 3.63) is 81.4 Å². The van der Waals surface area contributed by atoms with Crippen LogP contribution in [0.5, 0.6) is 17.2 Å². The number of morpholine rings is 1. The Labute approximate surface area is 258 Å². The zero-order valence-corrected chi connectivity index (χ0v) is 26.4. The Bertz CT molecular complexity index is 1610. The van der Waals surface area contributed by atoms with Crippen LogP contribution >= 0.6 is 11.6 Å². The number of nitro benzene ring substituents is 1. The van der Waals surface area contributed by atoms with Crippen molar-refractivity contribution < 1.29 is 28.3 Å². The van der Waals surface area contributed by atoms with Crippen molar-refractivity contribution in [3.63, 3.8) is 0 Å². The molecule has 0 bridgehead atoms. The minimum absolute atomic E-state index is 0.00120. The first kappa shape index (κ1) is 30.9. The molecule has 1 aliphatic heterocycles. The second-order valence-corrected chi connectivity index (χ2v) is 14.7. The van der Waals surface area contributed by atoms with Crippen molar-refractivity contribution in [1.29, 1.82) is 0 Å². The van der Waals surface area contributed by atoms with E-state index in [0.29, 0.717) is 51.9 Å². The Balaban J connectivity index is 1.51. The third-order valence-electron chi connectivity index (χ3n) is 7.13. The molecule has 0 N–H and O–H groups in total. The van der Waals surface area contributed by atoms with E-state index in [1.165, 1.54) is 18.5 Å². The first-order valence-corrected chi connectivity index (χ1v) is 17.3. The summed E-state index contributed by atoms with van der Waals surface area (Å²) in [6.45, 7) is 4.29. The molecule has 1 saturated heterocycles. The quantitative estimate of drug-likeness (QED) is 0.0960. The van der Waals surface area contributed by atoms with Crippen LogP contribution in [-0.4, -0.2) is 88.1 Å². The third-order valence-corrected chi connectivity index (χ3v) is 12.6. The molecule has 0 amide bonds. The second-order valence-electron chi connectivity index (χ2n) is 9.82. The number of nitrogens with zero attached hydrogens (tertiary/aromatic N) is 4. The number of ether oxygens (including phenoxy) is 4. The van der Waals surface area contributed by atoms with E-state index in [2.05, 4.69) is 14.9 Å². The van der Waals surface area contributed by atoms with Gasteiger partial charge >= 0.3 is 254 Å². The van der Waals surface area contributed by atoms with Crippen LogP contribution in [0, 0.1) is 15.9 Å². The molecule has 1 atom stereocenters. The standard InChI is InChI=1S/C30H31AsClFN4O6/c1-40-27-7-4-20(14-29(27)41-2)18-31(21-5-6-24(33)23(32)15-21)30-22-16-26(37(38)39)28(17-25(22)34-19-35-30)43-11-3-8-36-9-12-42-13-10-36/h4-7,14-17,19H,3,8-13,18H2,1-2H3. The molecule has 13 heteroatoms. The molecule has 2 heterocycles. The van der Waals surface area contributed by atoms with E-state index in [9.17, 15) is 14.5 Å². The molecule has 0 spiro atoms. The van der Waals surface area contributed by atoms with E-state index >= 15 is 0 Å². The number of rotatable bonds is 12. The Kier molecular flexibility index (Phi) is 10.3. The summed E-state index contributed by atoms with van der Waals surface area (Å²) in [7, 11) is 3.13. The van der Waals surface area contributed by atoms with E-state index in [4.69, 9.17) is 30.5 Å². The van der Waals surface area contributed by atoms with Crippen molar-refractivity contribution in [3.8, 4) is 17.2 Å². The second kappa shape index (κ2) is 14.3. The van der Waals surface area contributed by atoms with Crippen molar-refractivity contribution in [2.45, 2.75) is 11.6 Å². The summed E-state index contributed by atoms with van der Waals surface area (Å²) in [6, 6.07) is 13.4. The fourth-order valence-electron chi connectivity index (χ4n) is 4.93. The number of benzene rings is 3. The first-order valence-electron chi connectivity index (χ1n) is 13.7. The van der Waals surface area contributed by atoms with Gasteiger partial charge in [0.1, 0.15) is 0 Å². The van der Waals surface area contributed by atoms with Gasteiger partial charge < -0.3 is 4.74 Å². The summed E-state index contributed by atoms with van der Waals surface area (Å²) >= 11 is 3.80. The monoisotopic (exact) mass is 672 g/mol. The van der Waals surface area contributed by atoms with Gasteiger partial charge in [0.2, 0.25) is 0 Å². The maximum atomic E-state index is 14.2. The number of halogens is 2. The molecule has 1 fully saturated rings. The normalized spacial score (nSPS) is 14.4. The van der Waals surface area contributed by atoms with Gasteiger partial charge in [0.15, 0.2) is 0 Å². The summed E-state index contributed by atoms with van der Waals surface area (Å²) in [5.74, 6) is 0.803. The molecule has 1 unspecified atom stereocenters. The molecule has 3 aromatic carbocycles. The zero-order valence-electron chi connectivity index (χ0n) is 23.8. The van der Waals surface area contributed by atoms with Gasteiger partial charge in [-0.25, -0.2) is 0 Å². The van der Waals surface area contributed by atoms with Crippen LogP contribution in [0.3, 0.4) is 0 Å². The van der Waals surface area contributed by atoms with Gasteiger partial charge in [0.25, 0.3) is 0 Å². The Morgan fingerprint density at radius 1 is 1.05 bits per heavy atom. The molecular formula is C30H31AsClFN4O6. The van der Waals surface area contributed by atoms with Crippen LogP contribution in [0.1, 0.15) is 12.0 Å². The van der Waals surface area contributed by atoms with Gasteiger partial charge in [-0.1, -0.05) is 0 Å². The van der Waals surface area contributed by atoms with Crippen molar-refractivity contribution in [1.82, 2.24) is 14.9 Å². The summed E-state index contributed by atoms with van der Waals surface area (Å²) in [5, 5.41) is 13.3. The number of methoxy groups -OCH3 is 2. The fraction of sp³-hybridized carbons (Fsp3) is 0.333. The van der Waals surface area contributed by atoms with E-state index in [-0.39, 0.29) is 16.5 Å². The Morgan fingerprint density at radius 3 is 2.56 bits per heavy atom. The summed E-state index contributed by atoms with van der Waals surface area (Å²) in [4.78, 5) is 23.1. The SMILES string of the molecule is COc1ccc(C[As](c2ccc(F)c(Cl)c2)c2ncnc3cc(OCCCN4CCOCC4)c([N+](=O)[O-])cc23)cc1OC. The average molecular weight is 673 g/mol. The molecule has 0 aliphatic carbocycles. The predicted octanol–water partition coefficient (Wildman–Crippen LogP) is 3.84. The Morgan fingerprint density at radius 2 is 1.84 bits per heavy atom. The van der Waals surface area contributed by atoms with Crippen molar-refractivity contribution in [2.75, 3.05) is 53.7 Å². The number of aromatic nitrogens is 2.